The molecule has 0 aliphatic carbocycles. The van der Waals surface area contributed by atoms with Crippen molar-refractivity contribution < 1.29 is 14.0 Å². The molecular formula is C23H40NO2+. The largest absolute Gasteiger partial charge is 0.488 e. The van der Waals surface area contributed by atoms with Gasteiger partial charge in [0.2, 0.25) is 0 Å². The Labute approximate surface area is 161 Å². The van der Waals surface area contributed by atoms with Crippen molar-refractivity contribution in [2.45, 2.75) is 71.1 Å². The van der Waals surface area contributed by atoms with Crippen molar-refractivity contribution in [2.75, 3.05) is 33.8 Å². The molecule has 1 rings (SSSR count). The summed E-state index contributed by atoms with van der Waals surface area (Å²) in [5, 5.41) is 0. The number of nitrogens with zero attached hydrogens (tertiary/aromatic N) is 1. The van der Waals surface area contributed by atoms with Crippen LogP contribution in [-0.2, 0) is 0 Å². The van der Waals surface area contributed by atoms with Gasteiger partial charge in [-0.25, -0.2) is 0 Å². The molecule has 1 aromatic rings. The summed E-state index contributed by atoms with van der Waals surface area (Å²) in [6.45, 7) is 5.15. The first kappa shape index (κ1) is 22.7. The van der Waals surface area contributed by atoms with Crippen LogP contribution in [0.15, 0.2) is 24.3 Å². The van der Waals surface area contributed by atoms with Crippen molar-refractivity contribution in [3.05, 3.63) is 29.8 Å². The second kappa shape index (κ2) is 13.8. The zero-order valence-corrected chi connectivity index (χ0v) is 17.3. The van der Waals surface area contributed by atoms with E-state index in [9.17, 15) is 4.79 Å². The highest BCUT2D eigenvalue weighted by molar-refractivity contribution is 5.75. The number of carbonyl (C=O) groups is 1. The summed E-state index contributed by atoms with van der Waals surface area (Å²) in [6.07, 6.45) is 14.7. The van der Waals surface area contributed by atoms with Crippen molar-refractivity contribution in [3.8, 4) is 5.75 Å². The molecule has 0 fully saturated rings. The molecule has 0 N–H and O–H groups in total. The maximum atomic E-state index is 10.8. The second-order valence-corrected chi connectivity index (χ2v) is 8.10. The molecule has 0 spiro atoms. The Morgan fingerprint density at radius 3 is 2.12 bits per heavy atom. The van der Waals surface area contributed by atoms with Gasteiger partial charge in [-0.2, -0.15) is 0 Å². The zero-order valence-electron chi connectivity index (χ0n) is 17.3. The van der Waals surface area contributed by atoms with Crippen LogP contribution in [0.3, 0.4) is 0 Å². The normalized spacial score (nSPS) is 11.5. The van der Waals surface area contributed by atoms with E-state index in [2.05, 4.69) is 21.0 Å². The number of aldehydes is 1. The minimum absolute atomic E-state index is 0.668. The van der Waals surface area contributed by atoms with Crippen molar-refractivity contribution in [1.82, 2.24) is 0 Å². The lowest BCUT2D eigenvalue weighted by Gasteiger charge is -2.29. The molecule has 26 heavy (non-hydrogen) atoms. The highest BCUT2D eigenvalue weighted by Gasteiger charge is 2.14. The van der Waals surface area contributed by atoms with Crippen molar-refractivity contribution in [2.24, 2.45) is 0 Å². The van der Waals surface area contributed by atoms with Crippen LogP contribution in [0.25, 0.3) is 0 Å². The minimum Gasteiger partial charge on any atom is -0.488 e. The van der Waals surface area contributed by atoms with Gasteiger partial charge < -0.3 is 9.22 Å². The van der Waals surface area contributed by atoms with Gasteiger partial charge in [0.25, 0.3) is 0 Å². The molecule has 0 aromatic heterocycles. The second-order valence-electron chi connectivity index (χ2n) is 8.10. The third-order valence-corrected chi connectivity index (χ3v) is 5.08. The predicted molar refractivity (Wildman–Crippen MR) is 111 cm³/mol. The first-order chi connectivity index (χ1) is 12.6. The fourth-order valence-electron chi connectivity index (χ4n) is 3.23. The van der Waals surface area contributed by atoms with Crippen LogP contribution >= 0.6 is 0 Å². The quantitative estimate of drug-likeness (QED) is 0.209. The summed E-state index contributed by atoms with van der Waals surface area (Å²) >= 11 is 0. The van der Waals surface area contributed by atoms with E-state index in [0.717, 1.165) is 23.1 Å². The minimum atomic E-state index is 0.668. The van der Waals surface area contributed by atoms with E-state index < -0.39 is 0 Å². The molecule has 0 amide bonds. The average molecular weight is 363 g/mol. The SMILES string of the molecule is CCCCCCCCCCCC[N+](C)(C)CCOc1cccc(C=O)c1. The van der Waals surface area contributed by atoms with Gasteiger partial charge in [-0.15, -0.1) is 0 Å². The molecule has 3 heteroatoms. The molecule has 0 aliphatic heterocycles. The zero-order chi connectivity index (χ0) is 19.1. The molecule has 0 saturated carbocycles. The number of likely N-dealkylation sites (N-methyl/N-ethyl adjacent to an activating group) is 1. The Balaban J connectivity index is 2.04. The third kappa shape index (κ3) is 11.3. The van der Waals surface area contributed by atoms with Crippen LogP contribution < -0.4 is 4.74 Å². The number of hydrogen-bond donors (Lipinski definition) is 0. The molecule has 148 valence electrons. The van der Waals surface area contributed by atoms with E-state index in [4.69, 9.17) is 4.74 Å². The Morgan fingerprint density at radius 1 is 0.885 bits per heavy atom. The lowest BCUT2D eigenvalue weighted by atomic mass is 10.1. The van der Waals surface area contributed by atoms with Crippen LogP contribution in [0.4, 0.5) is 0 Å². The number of carbonyl (C=O) groups excluding carboxylic acids is 1. The fourth-order valence-corrected chi connectivity index (χ4v) is 3.23. The summed E-state index contributed by atoms with van der Waals surface area (Å²) < 4.78 is 6.80. The Morgan fingerprint density at radius 2 is 1.50 bits per heavy atom. The van der Waals surface area contributed by atoms with E-state index >= 15 is 0 Å². The number of unbranched alkanes of at least 4 members (excludes halogenated alkanes) is 9. The van der Waals surface area contributed by atoms with E-state index in [1.54, 1.807) is 12.1 Å². The van der Waals surface area contributed by atoms with E-state index in [0.29, 0.717) is 12.2 Å². The maximum absolute atomic E-state index is 10.8. The van der Waals surface area contributed by atoms with Gasteiger partial charge in [0.1, 0.15) is 25.2 Å². The fraction of sp³-hybridized carbons (Fsp3) is 0.696. The number of benzene rings is 1. The highest BCUT2D eigenvalue weighted by Crippen LogP contribution is 2.13. The predicted octanol–water partition coefficient (Wildman–Crippen LogP) is 5.88. The van der Waals surface area contributed by atoms with Gasteiger partial charge in [-0.05, 0) is 25.0 Å². The van der Waals surface area contributed by atoms with Gasteiger partial charge in [0.05, 0.1) is 20.6 Å². The van der Waals surface area contributed by atoms with Crippen LogP contribution in [-0.4, -0.2) is 44.6 Å². The summed E-state index contributed by atoms with van der Waals surface area (Å²) in [5.74, 6) is 0.786. The topological polar surface area (TPSA) is 26.3 Å². The van der Waals surface area contributed by atoms with Gasteiger partial charge in [0, 0.05) is 5.56 Å². The summed E-state index contributed by atoms with van der Waals surface area (Å²) in [7, 11) is 4.55. The first-order valence-corrected chi connectivity index (χ1v) is 10.6. The molecule has 0 atom stereocenters. The third-order valence-electron chi connectivity index (χ3n) is 5.08. The van der Waals surface area contributed by atoms with Crippen molar-refractivity contribution in [3.63, 3.8) is 0 Å². The highest BCUT2D eigenvalue weighted by atomic mass is 16.5. The monoisotopic (exact) mass is 362 g/mol. The smallest absolute Gasteiger partial charge is 0.150 e. The van der Waals surface area contributed by atoms with E-state index in [-0.39, 0.29) is 0 Å². The van der Waals surface area contributed by atoms with Crippen molar-refractivity contribution in [1.29, 1.82) is 0 Å². The lowest BCUT2D eigenvalue weighted by molar-refractivity contribution is -0.890. The van der Waals surface area contributed by atoms with Crippen LogP contribution in [0.5, 0.6) is 5.75 Å². The van der Waals surface area contributed by atoms with Gasteiger partial charge >= 0.3 is 0 Å². The van der Waals surface area contributed by atoms with Gasteiger partial charge in [-0.1, -0.05) is 70.4 Å². The van der Waals surface area contributed by atoms with Gasteiger partial charge in [0.15, 0.2) is 0 Å². The molecule has 0 bridgehead atoms. The lowest BCUT2D eigenvalue weighted by Crippen LogP contribution is -2.43. The Kier molecular flexibility index (Phi) is 12.0. The Hall–Kier alpha value is -1.35. The Bertz CT molecular complexity index is 485. The number of rotatable bonds is 16. The van der Waals surface area contributed by atoms with Crippen LogP contribution in [0.2, 0.25) is 0 Å². The average Bonchev–Trinajstić information content (AvgIpc) is 2.63. The molecule has 0 heterocycles. The summed E-state index contributed by atoms with van der Waals surface area (Å²) in [4.78, 5) is 10.8. The summed E-state index contributed by atoms with van der Waals surface area (Å²) in [5.41, 5.74) is 0.668. The number of hydrogen-bond acceptors (Lipinski definition) is 2. The first-order valence-electron chi connectivity index (χ1n) is 10.6. The van der Waals surface area contributed by atoms with E-state index in [1.165, 1.54) is 70.8 Å². The van der Waals surface area contributed by atoms with Crippen LogP contribution in [0.1, 0.15) is 81.5 Å². The molecule has 0 radical (unpaired) electrons. The molecular weight excluding hydrogens is 322 g/mol. The van der Waals surface area contributed by atoms with Crippen LogP contribution in [0, 0.1) is 0 Å². The molecule has 0 aliphatic rings. The molecule has 0 unspecified atom stereocenters. The maximum Gasteiger partial charge on any atom is 0.150 e. The van der Waals surface area contributed by atoms with Gasteiger partial charge in [-0.3, -0.25) is 4.79 Å². The summed E-state index contributed by atoms with van der Waals surface area (Å²) in [6, 6.07) is 7.37. The standard InChI is InChI=1S/C23H40NO2/c1-4-5-6-7-8-9-10-11-12-13-17-24(2,3)18-19-26-23-16-14-15-22(20-23)21-25/h14-16,20-21H,4-13,17-19H2,1-3H3/q+1. The number of ether oxygens (including phenoxy) is 1. The molecule has 1 aromatic carbocycles. The number of quaternary nitrogens is 1. The molecule has 3 nitrogen and oxygen atoms in total. The van der Waals surface area contributed by atoms with Crippen molar-refractivity contribution >= 4 is 6.29 Å². The molecule has 0 saturated heterocycles. The van der Waals surface area contributed by atoms with E-state index in [1.807, 2.05) is 12.1 Å².